The second kappa shape index (κ2) is 9.80. The second-order valence-corrected chi connectivity index (χ2v) is 7.87. The van der Waals surface area contributed by atoms with E-state index in [0.29, 0.717) is 13.0 Å². The van der Waals surface area contributed by atoms with Gasteiger partial charge in [-0.1, -0.05) is 12.1 Å². The van der Waals surface area contributed by atoms with Gasteiger partial charge in [-0.3, -0.25) is 14.7 Å². The van der Waals surface area contributed by atoms with E-state index >= 15 is 0 Å². The molecule has 6 heteroatoms. The predicted octanol–water partition coefficient (Wildman–Crippen LogP) is 2.57. The topological polar surface area (TPSA) is 48.5 Å². The summed E-state index contributed by atoms with van der Waals surface area (Å²) in [5.74, 6) is 0.143. The quantitative estimate of drug-likeness (QED) is 0.774. The van der Waals surface area contributed by atoms with Crippen molar-refractivity contribution in [3.8, 4) is 0 Å². The number of thiophene rings is 1. The van der Waals surface area contributed by atoms with E-state index in [4.69, 9.17) is 0 Å². The lowest BCUT2D eigenvalue weighted by atomic mass is 10.1. The normalized spacial score (nSPS) is 17.1. The van der Waals surface area contributed by atoms with Crippen molar-refractivity contribution in [3.63, 3.8) is 0 Å². The van der Waals surface area contributed by atoms with E-state index in [1.54, 1.807) is 17.5 Å². The van der Waals surface area contributed by atoms with E-state index in [1.165, 1.54) is 10.4 Å². The molecule has 0 aliphatic carbocycles. The Morgan fingerprint density at radius 1 is 1.27 bits per heavy atom. The largest absolute Gasteiger partial charge is 0.354 e. The first kappa shape index (κ1) is 19.0. The molecule has 1 aliphatic heterocycles. The van der Waals surface area contributed by atoms with Crippen LogP contribution in [0.3, 0.4) is 0 Å². The third-order valence-electron chi connectivity index (χ3n) is 4.93. The molecule has 0 spiro atoms. The Labute approximate surface area is 160 Å². The van der Waals surface area contributed by atoms with E-state index < -0.39 is 0 Å². The lowest BCUT2D eigenvalue weighted by Gasteiger charge is -2.37. The molecule has 2 aromatic rings. The summed E-state index contributed by atoms with van der Waals surface area (Å²) in [5, 5.41) is 5.28. The SMILES string of the molecule is CN1CCN(C(CNC(=O)CCCc2cccnc2)c2cccs2)CC1. The minimum atomic E-state index is 0.143. The van der Waals surface area contributed by atoms with E-state index in [2.05, 4.69) is 50.7 Å². The number of nitrogens with one attached hydrogen (secondary N) is 1. The van der Waals surface area contributed by atoms with Crippen LogP contribution in [0.5, 0.6) is 0 Å². The van der Waals surface area contributed by atoms with Crippen molar-refractivity contribution in [2.45, 2.75) is 25.3 Å². The molecule has 5 nitrogen and oxygen atoms in total. The highest BCUT2D eigenvalue weighted by Gasteiger charge is 2.24. The highest BCUT2D eigenvalue weighted by Crippen LogP contribution is 2.25. The van der Waals surface area contributed by atoms with Crippen molar-refractivity contribution in [1.82, 2.24) is 20.1 Å². The van der Waals surface area contributed by atoms with Gasteiger partial charge in [0.2, 0.25) is 5.91 Å². The molecule has 1 fully saturated rings. The fraction of sp³-hybridized carbons (Fsp3) is 0.500. The number of aromatic nitrogens is 1. The molecule has 0 aromatic carbocycles. The molecular weight excluding hydrogens is 344 g/mol. The number of carbonyl (C=O) groups excluding carboxylic acids is 1. The zero-order valence-electron chi connectivity index (χ0n) is 15.4. The lowest BCUT2D eigenvalue weighted by Crippen LogP contribution is -2.48. The molecule has 1 amide bonds. The summed E-state index contributed by atoms with van der Waals surface area (Å²) in [5.41, 5.74) is 1.19. The van der Waals surface area contributed by atoms with Gasteiger partial charge in [0.1, 0.15) is 0 Å². The number of amides is 1. The zero-order chi connectivity index (χ0) is 18.2. The van der Waals surface area contributed by atoms with Gasteiger partial charge in [0.05, 0.1) is 6.04 Å². The van der Waals surface area contributed by atoms with Gasteiger partial charge in [-0.25, -0.2) is 0 Å². The smallest absolute Gasteiger partial charge is 0.220 e. The number of aryl methyl sites for hydroxylation is 1. The van der Waals surface area contributed by atoms with Crippen LogP contribution in [0.2, 0.25) is 0 Å². The third kappa shape index (κ3) is 5.62. The van der Waals surface area contributed by atoms with E-state index in [0.717, 1.165) is 39.0 Å². The van der Waals surface area contributed by atoms with Gasteiger partial charge in [-0.05, 0) is 43.0 Å². The average Bonchev–Trinajstić information content (AvgIpc) is 3.19. The first-order valence-electron chi connectivity index (χ1n) is 9.34. The molecule has 2 aromatic heterocycles. The number of pyridine rings is 1. The lowest BCUT2D eigenvalue weighted by molar-refractivity contribution is -0.121. The summed E-state index contributed by atoms with van der Waals surface area (Å²) in [6.07, 6.45) is 5.97. The number of hydrogen-bond acceptors (Lipinski definition) is 5. The second-order valence-electron chi connectivity index (χ2n) is 6.89. The number of rotatable bonds is 8. The summed E-state index contributed by atoms with van der Waals surface area (Å²) >= 11 is 1.78. The van der Waals surface area contributed by atoms with Crippen LogP contribution in [0.4, 0.5) is 0 Å². The van der Waals surface area contributed by atoms with Crippen LogP contribution >= 0.6 is 11.3 Å². The summed E-state index contributed by atoms with van der Waals surface area (Å²) in [7, 11) is 2.17. The molecule has 1 saturated heterocycles. The summed E-state index contributed by atoms with van der Waals surface area (Å²) in [6.45, 7) is 4.96. The number of likely N-dealkylation sites (N-methyl/N-ethyl adjacent to an activating group) is 1. The maximum absolute atomic E-state index is 12.3. The Hall–Kier alpha value is -1.76. The molecule has 1 aliphatic rings. The van der Waals surface area contributed by atoms with Gasteiger partial charge in [0, 0.05) is 56.4 Å². The molecule has 1 atom stereocenters. The fourth-order valence-electron chi connectivity index (χ4n) is 3.32. The van der Waals surface area contributed by atoms with Crippen LogP contribution in [-0.4, -0.2) is 60.5 Å². The maximum atomic E-state index is 12.3. The monoisotopic (exact) mass is 372 g/mol. The Bertz CT molecular complexity index is 654. The molecule has 0 bridgehead atoms. The highest BCUT2D eigenvalue weighted by molar-refractivity contribution is 7.10. The summed E-state index contributed by atoms with van der Waals surface area (Å²) in [4.78, 5) is 22.6. The number of hydrogen-bond donors (Lipinski definition) is 1. The van der Waals surface area contributed by atoms with E-state index in [-0.39, 0.29) is 11.9 Å². The minimum Gasteiger partial charge on any atom is -0.354 e. The Morgan fingerprint density at radius 3 is 2.81 bits per heavy atom. The molecule has 3 heterocycles. The van der Waals surface area contributed by atoms with Crippen molar-refractivity contribution in [2.24, 2.45) is 0 Å². The zero-order valence-corrected chi connectivity index (χ0v) is 16.3. The fourth-order valence-corrected chi connectivity index (χ4v) is 4.18. The van der Waals surface area contributed by atoms with Gasteiger partial charge >= 0.3 is 0 Å². The molecule has 3 rings (SSSR count). The van der Waals surface area contributed by atoms with E-state index in [9.17, 15) is 4.79 Å². The van der Waals surface area contributed by atoms with Gasteiger partial charge in [-0.2, -0.15) is 0 Å². The van der Waals surface area contributed by atoms with Gasteiger partial charge in [0.25, 0.3) is 0 Å². The van der Waals surface area contributed by atoms with Crippen LogP contribution in [0.1, 0.15) is 29.3 Å². The molecule has 140 valence electrons. The van der Waals surface area contributed by atoms with Crippen molar-refractivity contribution in [1.29, 1.82) is 0 Å². The molecule has 1 unspecified atom stereocenters. The van der Waals surface area contributed by atoms with Crippen LogP contribution in [0.25, 0.3) is 0 Å². The Morgan fingerprint density at radius 2 is 2.12 bits per heavy atom. The third-order valence-corrected chi connectivity index (χ3v) is 5.91. The van der Waals surface area contributed by atoms with Crippen molar-refractivity contribution >= 4 is 17.2 Å². The minimum absolute atomic E-state index is 0.143. The van der Waals surface area contributed by atoms with Crippen LogP contribution in [0.15, 0.2) is 42.0 Å². The van der Waals surface area contributed by atoms with Gasteiger partial charge < -0.3 is 10.2 Å². The van der Waals surface area contributed by atoms with E-state index in [1.807, 2.05) is 12.3 Å². The number of nitrogens with zero attached hydrogens (tertiary/aromatic N) is 3. The first-order valence-corrected chi connectivity index (χ1v) is 10.2. The van der Waals surface area contributed by atoms with Crippen molar-refractivity contribution in [3.05, 3.63) is 52.5 Å². The highest BCUT2D eigenvalue weighted by atomic mass is 32.1. The maximum Gasteiger partial charge on any atom is 0.220 e. The van der Waals surface area contributed by atoms with Crippen molar-refractivity contribution < 1.29 is 4.79 Å². The van der Waals surface area contributed by atoms with Gasteiger partial charge in [0.15, 0.2) is 0 Å². The van der Waals surface area contributed by atoms with Gasteiger partial charge in [-0.15, -0.1) is 11.3 Å². The first-order chi connectivity index (χ1) is 12.7. The number of carbonyl (C=O) groups is 1. The van der Waals surface area contributed by atoms with Crippen LogP contribution in [-0.2, 0) is 11.2 Å². The average molecular weight is 373 g/mol. The standard InChI is InChI=1S/C20H28N4OS/c1-23-10-12-24(13-11-23)18(19-7-4-14-26-19)16-22-20(25)8-2-5-17-6-3-9-21-15-17/h3-4,6-7,9,14-15,18H,2,5,8,10-13,16H2,1H3,(H,22,25). The molecule has 0 radical (unpaired) electrons. The Balaban J connectivity index is 1.47. The molecule has 0 saturated carbocycles. The summed E-state index contributed by atoms with van der Waals surface area (Å²) in [6, 6.07) is 8.56. The van der Waals surface area contributed by atoms with Crippen LogP contribution in [0, 0.1) is 0 Å². The molecule has 1 N–H and O–H groups in total. The molecule has 26 heavy (non-hydrogen) atoms. The molecular formula is C20H28N4OS. The predicted molar refractivity (Wildman–Crippen MR) is 106 cm³/mol. The van der Waals surface area contributed by atoms with Crippen molar-refractivity contribution in [2.75, 3.05) is 39.8 Å². The number of piperazine rings is 1. The Kier molecular flexibility index (Phi) is 7.17. The van der Waals surface area contributed by atoms with Crippen LogP contribution < -0.4 is 5.32 Å². The summed E-state index contributed by atoms with van der Waals surface area (Å²) < 4.78 is 0.